The van der Waals surface area contributed by atoms with Gasteiger partial charge < -0.3 is 9.53 Å². The normalized spacial score (nSPS) is 10.5. The Morgan fingerprint density at radius 2 is 1.94 bits per heavy atom. The van der Waals surface area contributed by atoms with Crippen LogP contribution < -0.4 is 4.74 Å². The highest BCUT2D eigenvalue weighted by Gasteiger charge is 2.03. The molecule has 0 fully saturated rings. The average Bonchev–Trinajstić information content (AvgIpc) is 2.25. The van der Waals surface area contributed by atoms with Crippen molar-refractivity contribution >= 4 is 5.78 Å². The Labute approximate surface area is 93.2 Å². The molecule has 0 saturated carbocycles. The van der Waals surface area contributed by atoms with Gasteiger partial charge in [-0.25, -0.2) is 8.78 Å². The van der Waals surface area contributed by atoms with Crippen molar-refractivity contribution in [2.24, 2.45) is 0 Å². The molecule has 16 heavy (non-hydrogen) atoms. The maximum atomic E-state index is 11.8. The number of hydrogen-bond donors (Lipinski definition) is 0. The van der Waals surface area contributed by atoms with Crippen molar-refractivity contribution in [2.75, 3.05) is 6.61 Å². The maximum absolute atomic E-state index is 11.8. The van der Waals surface area contributed by atoms with Gasteiger partial charge in [0.05, 0.1) is 0 Å². The molecule has 2 nitrogen and oxygen atoms in total. The van der Waals surface area contributed by atoms with E-state index in [4.69, 9.17) is 4.74 Å². The van der Waals surface area contributed by atoms with Gasteiger partial charge >= 0.3 is 0 Å². The van der Waals surface area contributed by atoms with Gasteiger partial charge in [0.15, 0.2) is 0 Å². The summed E-state index contributed by atoms with van der Waals surface area (Å²) in [6.07, 6.45) is -1.29. The van der Waals surface area contributed by atoms with E-state index >= 15 is 0 Å². The number of benzene rings is 1. The molecule has 0 aliphatic carbocycles. The lowest BCUT2D eigenvalue weighted by atomic mass is 10.1. The first kappa shape index (κ1) is 12.6. The fraction of sp³-hybridized carbons (Fsp3) is 0.417. The largest absolute Gasteiger partial charge is 0.488 e. The summed E-state index contributed by atoms with van der Waals surface area (Å²) in [6, 6.07) is 6.84. The molecule has 4 heteroatoms. The molecule has 0 aliphatic rings. The van der Waals surface area contributed by atoms with Crippen molar-refractivity contribution in [2.45, 2.75) is 26.2 Å². The first-order chi connectivity index (χ1) is 7.58. The van der Waals surface area contributed by atoms with Gasteiger partial charge in [0.25, 0.3) is 6.43 Å². The minimum Gasteiger partial charge on any atom is -0.488 e. The van der Waals surface area contributed by atoms with Crippen LogP contribution in [-0.4, -0.2) is 18.8 Å². The third kappa shape index (κ3) is 4.87. The summed E-state index contributed by atoms with van der Waals surface area (Å²) in [4.78, 5) is 10.8. The van der Waals surface area contributed by atoms with Gasteiger partial charge in [-0.3, -0.25) is 0 Å². The Kier molecular flexibility index (Phi) is 4.89. The van der Waals surface area contributed by atoms with Crippen molar-refractivity contribution < 1.29 is 18.3 Å². The average molecular weight is 228 g/mol. The molecule has 88 valence electrons. The zero-order valence-corrected chi connectivity index (χ0v) is 9.08. The van der Waals surface area contributed by atoms with E-state index in [9.17, 15) is 13.6 Å². The van der Waals surface area contributed by atoms with Crippen LogP contribution in [0.5, 0.6) is 5.75 Å². The molecule has 0 heterocycles. The molecule has 0 aliphatic heterocycles. The molecular weight excluding hydrogens is 214 g/mol. The van der Waals surface area contributed by atoms with Crippen molar-refractivity contribution in [3.05, 3.63) is 29.8 Å². The number of ether oxygens (including phenoxy) is 1. The topological polar surface area (TPSA) is 26.3 Å². The van der Waals surface area contributed by atoms with E-state index in [0.717, 1.165) is 5.56 Å². The molecule has 0 atom stereocenters. The third-order valence-corrected chi connectivity index (χ3v) is 2.07. The molecule has 0 N–H and O–H groups in total. The standard InChI is InChI=1S/C12H14F2O2/c1-9(15)2-3-10-4-6-11(7-5-10)16-8-12(13)14/h4-7,12H,2-3,8H2,1H3. The summed E-state index contributed by atoms with van der Waals surface area (Å²) in [6.45, 7) is 0.951. The highest BCUT2D eigenvalue weighted by atomic mass is 19.3. The molecule has 0 saturated heterocycles. The molecule has 1 rings (SSSR count). The zero-order chi connectivity index (χ0) is 12.0. The highest BCUT2D eigenvalue weighted by molar-refractivity contribution is 5.75. The van der Waals surface area contributed by atoms with Gasteiger partial charge in [-0.2, -0.15) is 0 Å². The SMILES string of the molecule is CC(=O)CCc1ccc(OCC(F)F)cc1. The van der Waals surface area contributed by atoms with Gasteiger partial charge in [-0.15, -0.1) is 0 Å². The number of alkyl halides is 2. The van der Waals surface area contributed by atoms with Crippen LogP contribution in [0.2, 0.25) is 0 Å². The minimum absolute atomic E-state index is 0.137. The van der Waals surface area contributed by atoms with Gasteiger partial charge in [0.1, 0.15) is 18.1 Å². The number of aryl methyl sites for hydroxylation is 1. The van der Waals surface area contributed by atoms with Crippen LogP contribution in [-0.2, 0) is 11.2 Å². The summed E-state index contributed by atoms with van der Waals surface area (Å²) in [5.41, 5.74) is 1.000. The summed E-state index contributed by atoms with van der Waals surface area (Å²) >= 11 is 0. The first-order valence-corrected chi connectivity index (χ1v) is 5.07. The number of ketones is 1. The van der Waals surface area contributed by atoms with Gasteiger partial charge in [0.2, 0.25) is 0 Å². The van der Waals surface area contributed by atoms with Crippen LogP contribution in [0.25, 0.3) is 0 Å². The molecule has 0 amide bonds. The Hall–Kier alpha value is -1.45. The van der Waals surface area contributed by atoms with Gasteiger partial charge in [-0.05, 0) is 31.0 Å². The van der Waals surface area contributed by atoms with E-state index in [0.29, 0.717) is 18.6 Å². The van der Waals surface area contributed by atoms with E-state index in [1.807, 2.05) is 0 Å². The van der Waals surface area contributed by atoms with Crippen molar-refractivity contribution in [1.29, 1.82) is 0 Å². The number of carbonyl (C=O) groups is 1. The molecule has 0 spiro atoms. The molecular formula is C12H14F2O2. The van der Waals surface area contributed by atoms with Crippen LogP contribution in [0.1, 0.15) is 18.9 Å². The van der Waals surface area contributed by atoms with Crippen LogP contribution in [0, 0.1) is 0 Å². The van der Waals surface area contributed by atoms with Crippen LogP contribution in [0.4, 0.5) is 8.78 Å². The van der Waals surface area contributed by atoms with E-state index in [-0.39, 0.29) is 5.78 Å². The quantitative estimate of drug-likeness (QED) is 0.748. The number of Topliss-reactive ketones (excluding diaryl/α,β-unsaturated/α-hetero) is 1. The van der Waals surface area contributed by atoms with Crippen LogP contribution in [0.15, 0.2) is 24.3 Å². The molecule has 1 aromatic rings. The summed E-state index contributed by atoms with van der Waals surface area (Å²) in [7, 11) is 0. The first-order valence-electron chi connectivity index (χ1n) is 5.07. The highest BCUT2D eigenvalue weighted by Crippen LogP contribution is 2.14. The lowest BCUT2D eigenvalue weighted by molar-refractivity contribution is -0.116. The lowest BCUT2D eigenvalue weighted by Gasteiger charge is -2.06. The molecule has 1 aromatic carbocycles. The number of halogens is 2. The van der Waals surface area contributed by atoms with Crippen LogP contribution >= 0.6 is 0 Å². The number of carbonyl (C=O) groups excluding carboxylic acids is 1. The summed E-state index contributed by atoms with van der Waals surface area (Å²) < 4.78 is 28.5. The zero-order valence-electron chi connectivity index (χ0n) is 9.08. The molecule has 0 bridgehead atoms. The van der Waals surface area contributed by atoms with Gasteiger partial charge in [0, 0.05) is 6.42 Å². The Morgan fingerprint density at radius 1 is 1.31 bits per heavy atom. The molecule has 0 unspecified atom stereocenters. The Morgan fingerprint density at radius 3 is 2.44 bits per heavy atom. The van der Waals surface area contributed by atoms with E-state index < -0.39 is 13.0 Å². The predicted octanol–water partition coefficient (Wildman–Crippen LogP) is 2.85. The summed E-state index contributed by atoms with van der Waals surface area (Å²) in [5.74, 6) is 0.560. The third-order valence-electron chi connectivity index (χ3n) is 2.07. The minimum atomic E-state index is -2.46. The Bertz CT molecular complexity index is 333. The smallest absolute Gasteiger partial charge is 0.272 e. The van der Waals surface area contributed by atoms with E-state index in [1.54, 1.807) is 31.2 Å². The second-order valence-corrected chi connectivity index (χ2v) is 3.55. The monoisotopic (exact) mass is 228 g/mol. The molecule has 0 aromatic heterocycles. The molecule has 0 radical (unpaired) electrons. The Balaban J connectivity index is 2.44. The second-order valence-electron chi connectivity index (χ2n) is 3.55. The maximum Gasteiger partial charge on any atom is 0.272 e. The summed E-state index contributed by atoms with van der Waals surface area (Å²) in [5, 5.41) is 0. The predicted molar refractivity (Wildman–Crippen MR) is 56.9 cm³/mol. The lowest BCUT2D eigenvalue weighted by Crippen LogP contribution is -2.06. The van der Waals surface area contributed by atoms with Gasteiger partial charge in [-0.1, -0.05) is 12.1 Å². The van der Waals surface area contributed by atoms with E-state index in [2.05, 4.69) is 0 Å². The van der Waals surface area contributed by atoms with Crippen molar-refractivity contribution in [1.82, 2.24) is 0 Å². The van der Waals surface area contributed by atoms with Crippen molar-refractivity contribution in [3.63, 3.8) is 0 Å². The second kappa shape index (κ2) is 6.20. The fourth-order valence-corrected chi connectivity index (χ4v) is 1.23. The number of rotatable bonds is 6. The van der Waals surface area contributed by atoms with E-state index in [1.165, 1.54) is 0 Å². The fourth-order valence-electron chi connectivity index (χ4n) is 1.23. The number of hydrogen-bond acceptors (Lipinski definition) is 2. The van der Waals surface area contributed by atoms with Crippen molar-refractivity contribution in [3.8, 4) is 5.75 Å². The van der Waals surface area contributed by atoms with Crippen LogP contribution in [0.3, 0.4) is 0 Å².